The molecule has 6 heteroatoms. The lowest BCUT2D eigenvalue weighted by molar-refractivity contribution is 0.651. The van der Waals surface area contributed by atoms with Crippen LogP contribution in [-0.4, -0.2) is 18.5 Å². The van der Waals surface area contributed by atoms with E-state index < -0.39 is 0 Å². The second-order valence-electron chi connectivity index (χ2n) is 14.5. The Morgan fingerprint density at radius 3 is 1.67 bits per heavy atom. The van der Waals surface area contributed by atoms with E-state index in [2.05, 4.69) is 200 Å². The Balaban J connectivity index is 1.04. The number of fused-ring (bicyclic) bond motifs is 10. The van der Waals surface area contributed by atoms with Crippen LogP contribution >= 0.6 is 0 Å². The maximum atomic E-state index is 6.58. The van der Waals surface area contributed by atoms with Gasteiger partial charge in [0.05, 0.1) is 22.1 Å². The molecule has 57 heavy (non-hydrogen) atoms. The Morgan fingerprint density at radius 2 is 0.965 bits per heavy atom. The summed E-state index contributed by atoms with van der Waals surface area (Å²) in [6, 6.07) is 70.7. The molecule has 6 nitrogen and oxygen atoms in total. The van der Waals surface area contributed by atoms with Crippen molar-refractivity contribution < 1.29 is 4.42 Å². The molecule has 0 aliphatic carbocycles. The molecule has 0 spiro atoms. The van der Waals surface area contributed by atoms with Crippen LogP contribution in [0.2, 0.25) is 0 Å². The van der Waals surface area contributed by atoms with Crippen molar-refractivity contribution in [1.82, 2.24) is 18.5 Å². The number of rotatable bonds is 6. The molecule has 0 saturated heterocycles. The molecule has 4 heterocycles. The van der Waals surface area contributed by atoms with Crippen molar-refractivity contribution in [2.24, 2.45) is 0 Å². The summed E-state index contributed by atoms with van der Waals surface area (Å²) >= 11 is 0. The van der Waals surface area contributed by atoms with Gasteiger partial charge in [-0.1, -0.05) is 109 Å². The maximum absolute atomic E-state index is 6.58. The smallest absolute Gasteiger partial charge is 0.232 e. The van der Waals surface area contributed by atoms with Gasteiger partial charge in [0.25, 0.3) is 0 Å². The molecule has 0 aliphatic heterocycles. The number of anilines is 3. The molecular formula is C51H33N5O. The van der Waals surface area contributed by atoms with Gasteiger partial charge in [-0.3, -0.25) is 4.57 Å². The van der Waals surface area contributed by atoms with E-state index in [9.17, 15) is 0 Å². The predicted molar refractivity (Wildman–Crippen MR) is 234 cm³/mol. The normalized spacial score (nSPS) is 11.9. The zero-order valence-electron chi connectivity index (χ0n) is 30.7. The summed E-state index contributed by atoms with van der Waals surface area (Å²) < 4.78 is 13.3. The Morgan fingerprint density at radius 1 is 0.421 bits per heavy atom. The predicted octanol–water partition coefficient (Wildman–Crippen LogP) is 13.4. The van der Waals surface area contributed by atoms with E-state index in [1.54, 1.807) is 0 Å². The fraction of sp³-hybridized carbons (Fsp3) is 0. The van der Waals surface area contributed by atoms with Crippen molar-refractivity contribution in [3.63, 3.8) is 0 Å². The summed E-state index contributed by atoms with van der Waals surface area (Å²) in [6.45, 7) is 0. The summed E-state index contributed by atoms with van der Waals surface area (Å²) in [6.07, 6.45) is 0. The Labute approximate surface area is 327 Å². The summed E-state index contributed by atoms with van der Waals surface area (Å²) in [5.41, 5.74) is 14.5. The fourth-order valence-electron chi connectivity index (χ4n) is 8.69. The number of aromatic nitrogens is 4. The van der Waals surface area contributed by atoms with Crippen molar-refractivity contribution in [1.29, 1.82) is 0 Å². The quantitative estimate of drug-likeness (QED) is 0.171. The van der Waals surface area contributed by atoms with E-state index in [0.29, 0.717) is 0 Å². The van der Waals surface area contributed by atoms with Gasteiger partial charge in [0, 0.05) is 44.6 Å². The van der Waals surface area contributed by atoms with Crippen molar-refractivity contribution >= 4 is 77.9 Å². The number of benzene rings is 8. The van der Waals surface area contributed by atoms with Crippen LogP contribution < -0.4 is 4.90 Å². The van der Waals surface area contributed by atoms with Gasteiger partial charge in [-0.15, -0.1) is 0 Å². The SMILES string of the molecule is c1ccc(-c2ccc(N(c3ccc(-n4c5ccccc5c5ccccc54)cc3)c3ccc4c(c3)nc3n(-c5ccccc5)c5c6ccccc6oc5n43)cc2)cc1. The van der Waals surface area contributed by atoms with Crippen LogP contribution in [0.15, 0.2) is 205 Å². The summed E-state index contributed by atoms with van der Waals surface area (Å²) in [5, 5.41) is 3.55. The van der Waals surface area contributed by atoms with E-state index in [4.69, 9.17) is 9.40 Å². The largest absolute Gasteiger partial charge is 0.437 e. The zero-order chi connectivity index (χ0) is 37.5. The lowest BCUT2D eigenvalue weighted by Crippen LogP contribution is -2.10. The number of hydrogen-bond donors (Lipinski definition) is 0. The van der Waals surface area contributed by atoms with Gasteiger partial charge in [-0.05, 0) is 102 Å². The third-order valence-corrected chi connectivity index (χ3v) is 11.2. The molecule has 8 aromatic carbocycles. The summed E-state index contributed by atoms with van der Waals surface area (Å²) in [5.74, 6) is 0.808. The van der Waals surface area contributed by atoms with Crippen LogP contribution in [0, 0.1) is 0 Å². The Hall–Kier alpha value is -7.83. The monoisotopic (exact) mass is 731 g/mol. The third-order valence-electron chi connectivity index (χ3n) is 11.2. The summed E-state index contributed by atoms with van der Waals surface area (Å²) in [4.78, 5) is 7.65. The van der Waals surface area contributed by atoms with Gasteiger partial charge < -0.3 is 13.9 Å². The second kappa shape index (κ2) is 12.3. The zero-order valence-corrected chi connectivity index (χ0v) is 30.7. The van der Waals surface area contributed by atoms with Crippen LogP contribution in [0.25, 0.3) is 83.3 Å². The third kappa shape index (κ3) is 4.81. The van der Waals surface area contributed by atoms with Crippen molar-refractivity contribution in [3.8, 4) is 22.5 Å². The van der Waals surface area contributed by atoms with Gasteiger partial charge in [0.2, 0.25) is 11.5 Å². The molecule has 12 aromatic rings. The van der Waals surface area contributed by atoms with Crippen LogP contribution in [0.1, 0.15) is 0 Å². The van der Waals surface area contributed by atoms with Crippen LogP contribution in [0.5, 0.6) is 0 Å². The molecule has 0 fully saturated rings. The maximum Gasteiger partial charge on any atom is 0.232 e. The average Bonchev–Trinajstić information content (AvgIpc) is 4.01. The molecule has 268 valence electrons. The van der Waals surface area contributed by atoms with E-state index in [-0.39, 0.29) is 0 Å². The molecular weight excluding hydrogens is 699 g/mol. The first-order valence-electron chi connectivity index (χ1n) is 19.2. The topological polar surface area (TPSA) is 43.5 Å². The highest BCUT2D eigenvalue weighted by Gasteiger charge is 2.24. The second-order valence-corrected chi connectivity index (χ2v) is 14.5. The highest BCUT2D eigenvalue weighted by atomic mass is 16.3. The number of hydrogen-bond acceptors (Lipinski definition) is 3. The molecule has 4 aromatic heterocycles. The van der Waals surface area contributed by atoms with Crippen LogP contribution in [0.4, 0.5) is 17.1 Å². The fourth-order valence-corrected chi connectivity index (χ4v) is 8.69. The Kier molecular flexibility index (Phi) is 6.83. The van der Waals surface area contributed by atoms with Crippen molar-refractivity contribution in [2.75, 3.05) is 4.90 Å². The molecule has 12 rings (SSSR count). The standard InChI is InChI=1S/C51H33N5O/c1-3-13-34(14-4-1)35-23-25-37(26-24-35)53(38-27-29-39(30-28-38)54-45-20-10-7-17-41(45)42-18-8-11-21-46(42)54)40-31-32-47-44(33-40)52-51-55(36-15-5-2-6-16-36)49-43-19-9-12-22-48(43)57-50(49)56(47)51/h1-33H. The molecule has 0 saturated carbocycles. The molecule has 0 radical (unpaired) electrons. The number of nitrogens with zero attached hydrogens (tertiary/aromatic N) is 5. The van der Waals surface area contributed by atoms with E-state index in [0.717, 1.165) is 67.4 Å². The van der Waals surface area contributed by atoms with Crippen molar-refractivity contribution in [2.45, 2.75) is 0 Å². The molecule has 0 atom stereocenters. The van der Waals surface area contributed by atoms with Crippen LogP contribution in [-0.2, 0) is 0 Å². The number of para-hydroxylation sites is 4. The number of imidazole rings is 2. The highest BCUT2D eigenvalue weighted by Crippen LogP contribution is 2.41. The van der Waals surface area contributed by atoms with E-state index in [1.807, 2.05) is 18.2 Å². The van der Waals surface area contributed by atoms with Gasteiger partial charge in [0.15, 0.2) is 0 Å². The minimum atomic E-state index is 0.777. The first-order valence-corrected chi connectivity index (χ1v) is 19.2. The van der Waals surface area contributed by atoms with Crippen LogP contribution in [0.3, 0.4) is 0 Å². The first-order chi connectivity index (χ1) is 28.3. The average molecular weight is 732 g/mol. The minimum absolute atomic E-state index is 0.777. The van der Waals surface area contributed by atoms with E-state index >= 15 is 0 Å². The van der Waals surface area contributed by atoms with E-state index in [1.165, 1.54) is 32.9 Å². The highest BCUT2D eigenvalue weighted by molar-refractivity contribution is 6.09. The van der Waals surface area contributed by atoms with Gasteiger partial charge in [-0.2, -0.15) is 0 Å². The molecule has 0 bridgehead atoms. The molecule has 0 unspecified atom stereocenters. The number of furan rings is 1. The lowest BCUT2D eigenvalue weighted by atomic mass is 10.0. The summed E-state index contributed by atoms with van der Waals surface area (Å²) in [7, 11) is 0. The Bertz CT molecular complexity index is 3390. The molecule has 0 amide bonds. The van der Waals surface area contributed by atoms with Gasteiger partial charge >= 0.3 is 0 Å². The molecule has 0 aliphatic rings. The van der Waals surface area contributed by atoms with Crippen molar-refractivity contribution in [3.05, 3.63) is 200 Å². The molecule has 0 N–H and O–H groups in total. The first kappa shape index (κ1) is 31.5. The van der Waals surface area contributed by atoms with Gasteiger partial charge in [0.1, 0.15) is 11.1 Å². The lowest BCUT2D eigenvalue weighted by Gasteiger charge is -2.26. The van der Waals surface area contributed by atoms with Gasteiger partial charge in [-0.25, -0.2) is 9.38 Å². The minimum Gasteiger partial charge on any atom is -0.437 e.